The van der Waals surface area contributed by atoms with Crippen LogP contribution < -0.4 is 5.32 Å². The van der Waals surface area contributed by atoms with Gasteiger partial charge in [-0.05, 0) is 12.5 Å². The van der Waals surface area contributed by atoms with Gasteiger partial charge in [0.25, 0.3) is 0 Å². The van der Waals surface area contributed by atoms with E-state index in [4.69, 9.17) is 9.84 Å². The summed E-state index contributed by atoms with van der Waals surface area (Å²) in [6.07, 6.45) is -0.0628. The predicted molar refractivity (Wildman–Crippen MR) is 44.0 cm³/mol. The Balaban J connectivity index is 2.30. The molecule has 1 aliphatic rings. The molecule has 0 spiro atoms. The zero-order valence-electron chi connectivity index (χ0n) is 7.25. The highest BCUT2D eigenvalue weighted by molar-refractivity contribution is 5.67. The summed E-state index contributed by atoms with van der Waals surface area (Å²) >= 11 is 0. The number of hydrogen-bond acceptors (Lipinski definition) is 3. The van der Waals surface area contributed by atoms with Gasteiger partial charge in [0.15, 0.2) is 0 Å². The Labute approximate surface area is 71.9 Å². The number of carboxylic acids is 1. The molecule has 0 aliphatic carbocycles. The van der Waals surface area contributed by atoms with Crippen LogP contribution in [0.15, 0.2) is 0 Å². The highest BCUT2D eigenvalue weighted by atomic mass is 16.5. The van der Waals surface area contributed by atoms with E-state index in [0.29, 0.717) is 19.1 Å². The lowest BCUT2D eigenvalue weighted by atomic mass is 10.2. The molecule has 0 aromatic heterocycles. The molecule has 2 N–H and O–H groups in total. The summed E-state index contributed by atoms with van der Waals surface area (Å²) < 4.78 is 5.38. The monoisotopic (exact) mass is 173 g/mol. The normalized spacial score (nSPS) is 31.1. The summed E-state index contributed by atoms with van der Waals surface area (Å²) in [6, 6.07) is 0. The summed E-state index contributed by atoms with van der Waals surface area (Å²) in [5, 5.41) is 11.7. The van der Waals surface area contributed by atoms with E-state index in [1.807, 2.05) is 0 Å². The van der Waals surface area contributed by atoms with E-state index in [1.165, 1.54) is 0 Å². The maximum absolute atomic E-state index is 10.4. The summed E-state index contributed by atoms with van der Waals surface area (Å²) in [5.74, 6) is -0.319. The van der Waals surface area contributed by atoms with Crippen molar-refractivity contribution in [1.82, 2.24) is 5.32 Å². The first-order chi connectivity index (χ1) is 5.68. The van der Waals surface area contributed by atoms with Gasteiger partial charge in [-0.3, -0.25) is 4.79 Å². The van der Waals surface area contributed by atoms with Gasteiger partial charge in [0.1, 0.15) is 0 Å². The second-order valence-corrected chi connectivity index (χ2v) is 3.32. The van der Waals surface area contributed by atoms with Crippen molar-refractivity contribution in [2.45, 2.75) is 19.4 Å². The van der Waals surface area contributed by atoms with Crippen LogP contribution in [0.2, 0.25) is 0 Å². The first kappa shape index (κ1) is 9.48. The van der Waals surface area contributed by atoms with Crippen LogP contribution in [0.4, 0.5) is 0 Å². The van der Waals surface area contributed by atoms with Gasteiger partial charge in [-0.1, -0.05) is 6.92 Å². The fraction of sp³-hybridized carbons (Fsp3) is 0.875. The molecular formula is C8H15NO3. The maximum atomic E-state index is 10.4. The zero-order chi connectivity index (χ0) is 8.97. The van der Waals surface area contributed by atoms with E-state index in [0.717, 1.165) is 6.54 Å². The van der Waals surface area contributed by atoms with Crippen molar-refractivity contribution >= 4 is 5.97 Å². The van der Waals surface area contributed by atoms with E-state index in [-0.39, 0.29) is 12.5 Å². The number of hydrogen-bond donors (Lipinski definition) is 2. The number of rotatable bonds is 2. The lowest BCUT2D eigenvalue weighted by Gasteiger charge is -2.11. The largest absolute Gasteiger partial charge is 0.481 e. The molecule has 0 aromatic carbocycles. The molecular weight excluding hydrogens is 158 g/mol. The predicted octanol–water partition coefficient (Wildman–Crippen LogP) is 0.0856. The zero-order valence-corrected chi connectivity index (χ0v) is 7.25. The van der Waals surface area contributed by atoms with E-state index in [1.54, 1.807) is 0 Å². The number of nitrogens with one attached hydrogen (secondary N) is 1. The Hall–Kier alpha value is -0.610. The fourth-order valence-corrected chi connectivity index (χ4v) is 1.23. The molecule has 2 unspecified atom stereocenters. The Morgan fingerprint density at radius 1 is 1.67 bits per heavy atom. The molecule has 70 valence electrons. The van der Waals surface area contributed by atoms with Gasteiger partial charge in [-0.15, -0.1) is 0 Å². The molecule has 2 atom stereocenters. The van der Waals surface area contributed by atoms with Crippen LogP contribution in [-0.4, -0.2) is 36.9 Å². The van der Waals surface area contributed by atoms with Gasteiger partial charge in [0.05, 0.1) is 19.1 Å². The molecule has 1 rings (SSSR count). The lowest BCUT2D eigenvalue weighted by Crippen LogP contribution is -2.28. The van der Waals surface area contributed by atoms with E-state index in [9.17, 15) is 4.79 Å². The summed E-state index contributed by atoms with van der Waals surface area (Å²) in [6.45, 7) is 4.30. The maximum Gasteiger partial charge on any atom is 0.306 e. The van der Waals surface area contributed by atoms with E-state index >= 15 is 0 Å². The smallest absolute Gasteiger partial charge is 0.306 e. The van der Waals surface area contributed by atoms with Crippen LogP contribution in [0.5, 0.6) is 0 Å². The lowest BCUT2D eigenvalue weighted by molar-refractivity contribution is -0.140. The average Bonchev–Trinajstić information content (AvgIpc) is 2.15. The van der Waals surface area contributed by atoms with Crippen LogP contribution in [0.3, 0.4) is 0 Å². The van der Waals surface area contributed by atoms with Crippen LogP contribution in [0.1, 0.15) is 13.3 Å². The van der Waals surface area contributed by atoms with Crippen molar-refractivity contribution in [2.75, 3.05) is 19.7 Å². The molecule has 1 fully saturated rings. The molecule has 1 saturated heterocycles. The third kappa shape index (κ3) is 3.19. The number of aliphatic carboxylic acids is 1. The van der Waals surface area contributed by atoms with Gasteiger partial charge in [0.2, 0.25) is 0 Å². The van der Waals surface area contributed by atoms with Gasteiger partial charge >= 0.3 is 5.97 Å². The second-order valence-electron chi connectivity index (χ2n) is 3.32. The fourth-order valence-electron chi connectivity index (χ4n) is 1.23. The Bertz CT molecular complexity index is 160. The Morgan fingerprint density at radius 3 is 3.08 bits per heavy atom. The summed E-state index contributed by atoms with van der Waals surface area (Å²) in [5.41, 5.74) is 0. The third-order valence-electron chi connectivity index (χ3n) is 1.88. The molecule has 4 heteroatoms. The van der Waals surface area contributed by atoms with Gasteiger partial charge in [0, 0.05) is 6.54 Å². The summed E-state index contributed by atoms with van der Waals surface area (Å²) in [7, 11) is 0. The highest BCUT2D eigenvalue weighted by Gasteiger charge is 2.18. The second kappa shape index (κ2) is 4.42. The number of ether oxygens (including phenoxy) is 1. The van der Waals surface area contributed by atoms with Crippen LogP contribution in [0.25, 0.3) is 0 Å². The molecule has 4 nitrogen and oxygen atoms in total. The standard InChI is InChI=1S/C8H15NO3/c1-6-3-9-4-7(12-5-6)2-8(10)11/h6-7,9H,2-5H2,1H3,(H,10,11). The SMILES string of the molecule is CC1CNCC(CC(=O)O)OC1. The van der Waals surface area contributed by atoms with Crippen molar-refractivity contribution < 1.29 is 14.6 Å². The van der Waals surface area contributed by atoms with Crippen molar-refractivity contribution in [3.8, 4) is 0 Å². The molecule has 0 saturated carbocycles. The molecule has 0 radical (unpaired) electrons. The molecule has 1 aliphatic heterocycles. The minimum Gasteiger partial charge on any atom is -0.481 e. The average molecular weight is 173 g/mol. The Kier molecular flexibility index (Phi) is 3.49. The van der Waals surface area contributed by atoms with Gasteiger partial charge in [-0.2, -0.15) is 0 Å². The minimum atomic E-state index is -0.795. The van der Waals surface area contributed by atoms with Crippen molar-refractivity contribution in [3.63, 3.8) is 0 Å². The van der Waals surface area contributed by atoms with Gasteiger partial charge < -0.3 is 15.2 Å². The van der Waals surface area contributed by atoms with Crippen molar-refractivity contribution in [1.29, 1.82) is 0 Å². The summed E-state index contributed by atoms with van der Waals surface area (Å²) in [4.78, 5) is 10.4. The van der Waals surface area contributed by atoms with E-state index < -0.39 is 5.97 Å². The van der Waals surface area contributed by atoms with Crippen LogP contribution >= 0.6 is 0 Å². The van der Waals surface area contributed by atoms with Crippen LogP contribution in [0, 0.1) is 5.92 Å². The Morgan fingerprint density at radius 2 is 2.42 bits per heavy atom. The highest BCUT2D eigenvalue weighted by Crippen LogP contribution is 2.05. The van der Waals surface area contributed by atoms with Crippen molar-refractivity contribution in [2.24, 2.45) is 5.92 Å². The molecule has 1 heterocycles. The molecule has 0 aromatic rings. The van der Waals surface area contributed by atoms with Gasteiger partial charge in [-0.25, -0.2) is 0 Å². The van der Waals surface area contributed by atoms with Crippen molar-refractivity contribution in [3.05, 3.63) is 0 Å². The first-order valence-corrected chi connectivity index (χ1v) is 4.22. The minimum absolute atomic E-state index is 0.0969. The topological polar surface area (TPSA) is 58.6 Å². The number of carboxylic acid groups (broad SMARTS) is 1. The molecule has 0 amide bonds. The first-order valence-electron chi connectivity index (χ1n) is 4.22. The third-order valence-corrected chi connectivity index (χ3v) is 1.88. The van der Waals surface area contributed by atoms with Crippen LogP contribution in [-0.2, 0) is 9.53 Å². The number of carbonyl (C=O) groups is 1. The quantitative estimate of drug-likeness (QED) is 0.621. The van der Waals surface area contributed by atoms with E-state index in [2.05, 4.69) is 12.2 Å². The molecule has 0 bridgehead atoms. The molecule has 12 heavy (non-hydrogen) atoms.